The summed E-state index contributed by atoms with van der Waals surface area (Å²) in [6, 6.07) is 7.24. The third-order valence-electron chi connectivity index (χ3n) is 5.29. The van der Waals surface area contributed by atoms with Gasteiger partial charge in [0.05, 0.1) is 10.8 Å². The summed E-state index contributed by atoms with van der Waals surface area (Å²) in [7, 11) is 3.63. The number of aromatic amines is 1. The molecule has 33 heavy (non-hydrogen) atoms. The number of unbranched alkanes of at least 4 members (excludes halogenated alkanes) is 1. The van der Waals surface area contributed by atoms with Crippen LogP contribution in [-0.2, 0) is 33.0 Å². The lowest BCUT2D eigenvalue weighted by Crippen LogP contribution is -2.31. The third kappa shape index (κ3) is 4.69. The molecule has 0 radical (unpaired) electrons. The maximum absolute atomic E-state index is 12.4. The highest BCUT2D eigenvalue weighted by molar-refractivity contribution is 7.98. The molecular formula is C21H24ClN7O3S. The Balaban J connectivity index is 1.52. The van der Waals surface area contributed by atoms with Crippen molar-refractivity contribution in [3.05, 3.63) is 61.8 Å². The second-order valence-electron chi connectivity index (χ2n) is 7.49. The number of fused-ring (bicyclic) bond motifs is 1. The molecule has 1 N–H and O–H groups in total. The van der Waals surface area contributed by atoms with E-state index < -0.39 is 11.2 Å². The molecule has 0 aliphatic heterocycles. The van der Waals surface area contributed by atoms with Crippen LogP contribution in [0.1, 0.15) is 31.4 Å². The summed E-state index contributed by atoms with van der Waals surface area (Å²) < 4.78 is 10.9. The van der Waals surface area contributed by atoms with Gasteiger partial charge in [0.1, 0.15) is 18.2 Å². The van der Waals surface area contributed by atoms with E-state index in [0.717, 1.165) is 12.8 Å². The summed E-state index contributed by atoms with van der Waals surface area (Å²) in [5, 5.41) is 9.66. The number of thioether (sulfide) groups is 1. The Morgan fingerprint density at radius 2 is 1.91 bits per heavy atom. The Bertz CT molecular complexity index is 1410. The summed E-state index contributed by atoms with van der Waals surface area (Å²) >= 11 is 7.57. The molecule has 0 aliphatic rings. The van der Waals surface area contributed by atoms with E-state index in [2.05, 4.69) is 20.2 Å². The fourth-order valence-corrected chi connectivity index (χ4v) is 4.48. The van der Waals surface area contributed by atoms with E-state index in [0.29, 0.717) is 51.0 Å². The number of nitrogens with one attached hydrogen (secondary N) is 1. The maximum Gasteiger partial charge on any atom is 0.330 e. The number of hydrogen-bond acceptors (Lipinski definition) is 7. The molecule has 0 bridgehead atoms. The number of benzene rings is 1. The quantitative estimate of drug-likeness (QED) is 0.360. The van der Waals surface area contributed by atoms with Gasteiger partial charge in [-0.3, -0.25) is 14.3 Å². The minimum absolute atomic E-state index is 0.221. The summed E-state index contributed by atoms with van der Waals surface area (Å²) in [6.07, 6.45) is 1.75. The zero-order valence-electron chi connectivity index (χ0n) is 18.5. The standard InChI is InChI=1S/C21H24ClN7O3S/c1-4-5-10-29-18-17(19(30)24-20(29)31)27(2)16(23-18)12-33-21-26-25-15(28(21)3)11-32-14-9-7-6-8-13(14)22/h6-9H,4-5,10-12H2,1-3H3,(H,24,30,31). The highest BCUT2D eigenvalue weighted by Crippen LogP contribution is 2.25. The van der Waals surface area contributed by atoms with Crippen molar-refractivity contribution < 1.29 is 4.74 Å². The maximum atomic E-state index is 12.4. The van der Waals surface area contributed by atoms with Crippen LogP contribution in [-0.4, -0.2) is 33.9 Å². The van der Waals surface area contributed by atoms with Crippen LogP contribution in [0.4, 0.5) is 0 Å². The topological polar surface area (TPSA) is 113 Å². The van der Waals surface area contributed by atoms with Gasteiger partial charge in [-0.05, 0) is 18.6 Å². The summed E-state index contributed by atoms with van der Waals surface area (Å²) in [5.74, 6) is 2.33. The summed E-state index contributed by atoms with van der Waals surface area (Å²) in [6.45, 7) is 2.77. The van der Waals surface area contributed by atoms with Crippen LogP contribution in [0.5, 0.6) is 5.75 Å². The molecule has 4 rings (SSSR count). The first-order chi connectivity index (χ1) is 15.9. The van der Waals surface area contributed by atoms with Crippen LogP contribution < -0.4 is 16.0 Å². The van der Waals surface area contributed by atoms with Crippen LogP contribution in [0.2, 0.25) is 5.02 Å². The van der Waals surface area contributed by atoms with E-state index >= 15 is 0 Å². The summed E-state index contributed by atoms with van der Waals surface area (Å²) in [4.78, 5) is 31.7. The average Bonchev–Trinajstić information content (AvgIpc) is 3.31. The molecule has 1 aromatic carbocycles. The van der Waals surface area contributed by atoms with Gasteiger partial charge in [-0.25, -0.2) is 9.78 Å². The monoisotopic (exact) mass is 489 g/mol. The molecule has 10 nitrogen and oxygen atoms in total. The molecule has 0 saturated heterocycles. The molecule has 3 aromatic heterocycles. The number of rotatable bonds is 9. The predicted octanol–water partition coefficient (Wildman–Crippen LogP) is 2.88. The molecule has 0 aliphatic carbocycles. The van der Waals surface area contributed by atoms with Gasteiger partial charge in [0.2, 0.25) is 0 Å². The van der Waals surface area contributed by atoms with E-state index in [-0.39, 0.29) is 6.61 Å². The van der Waals surface area contributed by atoms with Crippen LogP contribution >= 0.6 is 23.4 Å². The van der Waals surface area contributed by atoms with E-state index in [4.69, 9.17) is 16.3 Å². The Kier molecular flexibility index (Phi) is 6.89. The first kappa shape index (κ1) is 23.1. The first-order valence-electron chi connectivity index (χ1n) is 10.5. The SMILES string of the molecule is CCCCn1c(=O)[nH]c(=O)c2c1nc(CSc1nnc(COc3ccccc3Cl)n1C)n2C. The minimum Gasteiger partial charge on any atom is -0.484 e. The van der Waals surface area contributed by atoms with Gasteiger partial charge in [0, 0.05) is 20.6 Å². The second kappa shape index (κ2) is 9.84. The Morgan fingerprint density at radius 3 is 2.67 bits per heavy atom. The molecule has 174 valence electrons. The van der Waals surface area contributed by atoms with Crippen molar-refractivity contribution in [1.29, 1.82) is 0 Å². The molecule has 3 heterocycles. The molecule has 0 amide bonds. The number of aromatic nitrogens is 7. The van der Waals surface area contributed by atoms with Crippen LogP contribution in [0, 0.1) is 0 Å². The highest BCUT2D eigenvalue weighted by Gasteiger charge is 2.18. The van der Waals surface area contributed by atoms with Gasteiger partial charge in [-0.15, -0.1) is 10.2 Å². The lowest BCUT2D eigenvalue weighted by atomic mass is 10.3. The molecule has 4 aromatic rings. The van der Waals surface area contributed by atoms with Crippen LogP contribution in [0.15, 0.2) is 39.0 Å². The highest BCUT2D eigenvalue weighted by atomic mass is 35.5. The van der Waals surface area contributed by atoms with Crippen LogP contribution in [0.3, 0.4) is 0 Å². The number of ether oxygens (including phenoxy) is 1. The normalized spacial score (nSPS) is 11.4. The van der Waals surface area contributed by atoms with Gasteiger partial charge in [-0.1, -0.05) is 48.8 Å². The number of nitrogens with zero attached hydrogens (tertiary/aromatic N) is 6. The number of hydrogen-bond donors (Lipinski definition) is 1. The molecule has 0 atom stereocenters. The van der Waals surface area contributed by atoms with Crippen molar-refractivity contribution in [1.82, 2.24) is 33.9 Å². The predicted molar refractivity (Wildman–Crippen MR) is 127 cm³/mol. The Morgan fingerprint density at radius 1 is 1.12 bits per heavy atom. The van der Waals surface area contributed by atoms with E-state index in [1.807, 2.05) is 30.7 Å². The van der Waals surface area contributed by atoms with Crippen LogP contribution in [0.25, 0.3) is 11.2 Å². The average molecular weight is 490 g/mol. The van der Waals surface area contributed by atoms with Gasteiger partial charge in [0.25, 0.3) is 5.56 Å². The number of aryl methyl sites for hydroxylation is 2. The molecule has 0 saturated carbocycles. The molecule has 0 unspecified atom stereocenters. The van der Waals surface area contributed by atoms with E-state index in [1.54, 1.807) is 23.7 Å². The number of imidazole rings is 1. The first-order valence-corrected chi connectivity index (χ1v) is 11.8. The van der Waals surface area contributed by atoms with Crippen molar-refractivity contribution in [2.75, 3.05) is 0 Å². The fraction of sp³-hybridized carbons (Fsp3) is 0.381. The Hall–Kier alpha value is -3.05. The van der Waals surface area contributed by atoms with Crippen molar-refractivity contribution in [3.8, 4) is 5.75 Å². The van der Waals surface area contributed by atoms with Gasteiger partial charge < -0.3 is 13.9 Å². The summed E-state index contributed by atoms with van der Waals surface area (Å²) in [5.41, 5.74) is -0.0865. The number of halogens is 1. The molecular weight excluding hydrogens is 466 g/mol. The van der Waals surface area contributed by atoms with Crippen molar-refractivity contribution >= 4 is 34.5 Å². The van der Waals surface area contributed by atoms with E-state index in [9.17, 15) is 9.59 Å². The lowest BCUT2D eigenvalue weighted by molar-refractivity contribution is 0.290. The zero-order chi connectivity index (χ0) is 23.5. The molecule has 12 heteroatoms. The van der Waals surface area contributed by atoms with Crippen molar-refractivity contribution in [3.63, 3.8) is 0 Å². The second-order valence-corrected chi connectivity index (χ2v) is 8.84. The molecule has 0 spiro atoms. The minimum atomic E-state index is -0.438. The zero-order valence-corrected chi connectivity index (χ0v) is 20.1. The van der Waals surface area contributed by atoms with E-state index in [1.165, 1.54) is 16.3 Å². The molecule has 0 fully saturated rings. The fourth-order valence-electron chi connectivity index (χ4n) is 3.37. The largest absolute Gasteiger partial charge is 0.484 e. The Labute approximate surface area is 198 Å². The van der Waals surface area contributed by atoms with Gasteiger partial charge in [0.15, 0.2) is 22.1 Å². The van der Waals surface area contributed by atoms with Gasteiger partial charge >= 0.3 is 5.69 Å². The smallest absolute Gasteiger partial charge is 0.330 e. The van der Waals surface area contributed by atoms with Crippen molar-refractivity contribution in [2.45, 2.75) is 43.8 Å². The lowest BCUT2D eigenvalue weighted by Gasteiger charge is -2.07. The third-order valence-corrected chi connectivity index (χ3v) is 6.62. The number of H-pyrrole nitrogens is 1. The number of para-hydroxylation sites is 1. The van der Waals surface area contributed by atoms with Gasteiger partial charge in [-0.2, -0.15) is 0 Å². The van der Waals surface area contributed by atoms with Crippen molar-refractivity contribution in [2.24, 2.45) is 14.1 Å².